The van der Waals surface area contributed by atoms with Crippen molar-refractivity contribution in [3.63, 3.8) is 0 Å². The Labute approximate surface area is 531 Å². The SMILES string of the molecule is CC(C)[C@H](NC(=O)OC1CCCC1)C(=O)N1C[C@H](OC(=O)N2Cc3ccc4c(c3C2)OCO4)CC1c1ncc(-c2ccc(-c3ccc(-c4c[nH]c([C@@H]5C[C@@H](OC(=O)N6Cc7ccc8c(c7C6)OCO8)CN5C(=O)[C@@H](NC(=O)OC5CCCC5)C(C)C)n4)cc3)cc2)[nH]1. The Morgan fingerprint density at radius 1 is 0.533 bits per heavy atom. The van der Waals surface area contributed by atoms with E-state index in [9.17, 15) is 28.8 Å². The summed E-state index contributed by atoms with van der Waals surface area (Å²) in [5.74, 6) is 2.34. The Balaban J connectivity index is 0.656. The largest absolute Gasteiger partial charge is 0.454 e. The van der Waals surface area contributed by atoms with Crippen molar-refractivity contribution in [2.24, 2.45) is 11.8 Å². The van der Waals surface area contributed by atoms with Gasteiger partial charge >= 0.3 is 24.4 Å². The molecule has 6 aromatic rings. The van der Waals surface area contributed by atoms with Crippen molar-refractivity contribution in [1.29, 1.82) is 0 Å². The molecular formula is C68H76N10O14. The monoisotopic (exact) mass is 1260 g/mol. The van der Waals surface area contributed by atoms with Gasteiger partial charge in [0, 0.05) is 48.8 Å². The van der Waals surface area contributed by atoms with E-state index in [2.05, 4.69) is 20.6 Å². The molecule has 2 saturated carbocycles. The van der Waals surface area contributed by atoms with Gasteiger partial charge in [0.1, 0.15) is 48.1 Å². The van der Waals surface area contributed by atoms with E-state index in [0.29, 0.717) is 72.2 Å². The van der Waals surface area contributed by atoms with Crippen LogP contribution < -0.4 is 29.6 Å². The van der Waals surface area contributed by atoms with Crippen LogP contribution in [0.4, 0.5) is 19.2 Å². The first-order valence-electron chi connectivity index (χ1n) is 32.2. The number of ether oxygens (including phenoxy) is 8. The number of hydrogen-bond donors (Lipinski definition) is 4. The number of carbonyl (C=O) groups is 6. The Kier molecular flexibility index (Phi) is 16.5. The normalized spacial score (nSPS) is 21.2. The minimum atomic E-state index is -0.916. The number of amides is 6. The molecule has 4 aromatic carbocycles. The average molecular weight is 1260 g/mol. The number of hydrogen-bond acceptors (Lipinski definition) is 16. The molecule has 24 nitrogen and oxygen atoms in total. The highest BCUT2D eigenvalue weighted by atomic mass is 16.7. The second kappa shape index (κ2) is 25.3. The molecule has 6 amide bonds. The van der Waals surface area contributed by atoms with Gasteiger partial charge in [0.15, 0.2) is 23.0 Å². The Morgan fingerprint density at radius 2 is 0.989 bits per heavy atom. The summed E-state index contributed by atoms with van der Waals surface area (Å²) in [7, 11) is 0. The number of H-pyrrole nitrogens is 2. The molecule has 4 N–H and O–H groups in total. The van der Waals surface area contributed by atoms with Crippen LogP contribution in [0.2, 0.25) is 0 Å². The third-order valence-corrected chi connectivity index (χ3v) is 19.1. The smallest absolute Gasteiger partial charge is 0.410 e. The number of nitrogens with one attached hydrogen (secondary N) is 4. The van der Waals surface area contributed by atoms with Crippen LogP contribution in [0.5, 0.6) is 23.0 Å². The van der Waals surface area contributed by atoms with Gasteiger partial charge in [0.2, 0.25) is 25.4 Å². The minimum Gasteiger partial charge on any atom is -0.454 e. The number of fused-ring (bicyclic) bond motifs is 6. The lowest BCUT2D eigenvalue weighted by molar-refractivity contribution is -0.136. The fourth-order valence-corrected chi connectivity index (χ4v) is 14.2. The molecule has 1 unspecified atom stereocenters. The summed E-state index contributed by atoms with van der Waals surface area (Å²) in [6.45, 7) is 9.16. The van der Waals surface area contributed by atoms with Gasteiger partial charge in [-0.3, -0.25) is 19.4 Å². The van der Waals surface area contributed by atoms with Gasteiger partial charge in [0.05, 0.1) is 55.8 Å². The molecular weight excluding hydrogens is 1180 g/mol. The molecule has 0 spiro atoms. The molecule has 92 heavy (non-hydrogen) atoms. The molecule has 482 valence electrons. The highest BCUT2D eigenvalue weighted by Crippen LogP contribution is 2.45. The van der Waals surface area contributed by atoms with E-state index < -0.39 is 60.7 Å². The summed E-state index contributed by atoms with van der Waals surface area (Å²) in [5, 5.41) is 5.74. The van der Waals surface area contributed by atoms with Gasteiger partial charge < -0.3 is 68.3 Å². The third-order valence-electron chi connectivity index (χ3n) is 19.1. The van der Waals surface area contributed by atoms with Crippen molar-refractivity contribution in [1.82, 2.24) is 50.2 Å². The lowest BCUT2D eigenvalue weighted by Gasteiger charge is -2.30. The molecule has 8 aliphatic rings. The molecule has 2 aromatic heterocycles. The van der Waals surface area contributed by atoms with Crippen molar-refractivity contribution >= 4 is 36.2 Å². The van der Waals surface area contributed by atoms with Crippen LogP contribution in [-0.4, -0.2) is 139 Å². The van der Waals surface area contributed by atoms with Gasteiger partial charge in [-0.1, -0.05) is 88.4 Å². The fraction of sp³-hybridized carbons (Fsp3) is 0.471. The molecule has 24 heteroatoms. The topological polar surface area (TPSA) is 271 Å². The van der Waals surface area contributed by atoms with E-state index in [0.717, 1.165) is 95.9 Å². The van der Waals surface area contributed by atoms with Crippen LogP contribution in [0.15, 0.2) is 85.2 Å². The summed E-state index contributed by atoms with van der Waals surface area (Å²) in [5.41, 5.74) is 8.62. The molecule has 6 aliphatic heterocycles. The van der Waals surface area contributed by atoms with Crippen LogP contribution in [0.1, 0.15) is 138 Å². The van der Waals surface area contributed by atoms with Crippen molar-refractivity contribution in [3.05, 3.63) is 119 Å². The highest BCUT2D eigenvalue weighted by molar-refractivity contribution is 5.88. The number of benzene rings is 4. The second-order valence-corrected chi connectivity index (χ2v) is 25.9. The summed E-state index contributed by atoms with van der Waals surface area (Å²) >= 11 is 0. The Hall–Kier alpha value is -9.48. The van der Waals surface area contributed by atoms with Crippen LogP contribution in [0.25, 0.3) is 33.6 Å². The number of likely N-dealkylation sites (tertiary alicyclic amines) is 2. The number of alkyl carbamates (subject to hydrolysis) is 2. The van der Waals surface area contributed by atoms with Gasteiger partial charge in [-0.15, -0.1) is 0 Å². The number of carbonyl (C=O) groups excluding carboxylic acids is 6. The molecule has 4 fully saturated rings. The maximum atomic E-state index is 14.7. The van der Waals surface area contributed by atoms with Crippen molar-refractivity contribution in [3.8, 4) is 56.6 Å². The van der Waals surface area contributed by atoms with E-state index >= 15 is 0 Å². The Bertz CT molecular complexity index is 3540. The maximum absolute atomic E-state index is 14.7. The van der Waals surface area contributed by atoms with E-state index in [1.165, 1.54) is 0 Å². The van der Waals surface area contributed by atoms with Crippen molar-refractivity contribution in [2.45, 2.75) is 167 Å². The molecule has 2 aliphatic carbocycles. The quantitative estimate of drug-likeness (QED) is 0.0696. The van der Waals surface area contributed by atoms with E-state index in [1.54, 1.807) is 32.0 Å². The predicted molar refractivity (Wildman–Crippen MR) is 330 cm³/mol. The molecule has 8 heterocycles. The lowest BCUT2D eigenvalue weighted by Crippen LogP contribution is -2.52. The van der Waals surface area contributed by atoms with E-state index in [-0.39, 0.29) is 75.4 Å². The zero-order chi connectivity index (χ0) is 63.3. The van der Waals surface area contributed by atoms with Crippen LogP contribution in [0.3, 0.4) is 0 Å². The highest BCUT2D eigenvalue weighted by Gasteiger charge is 2.47. The van der Waals surface area contributed by atoms with Crippen LogP contribution >= 0.6 is 0 Å². The maximum Gasteiger partial charge on any atom is 0.410 e. The molecule has 0 bridgehead atoms. The first kappa shape index (κ1) is 60.1. The lowest BCUT2D eigenvalue weighted by atomic mass is 10.0. The minimum absolute atomic E-state index is 0.0811. The van der Waals surface area contributed by atoms with Gasteiger partial charge in [-0.25, -0.2) is 29.1 Å². The Morgan fingerprint density at radius 3 is 1.47 bits per heavy atom. The van der Waals surface area contributed by atoms with E-state index in [1.807, 2.05) is 100 Å². The third kappa shape index (κ3) is 12.2. The summed E-state index contributed by atoms with van der Waals surface area (Å²) in [4.78, 5) is 107. The summed E-state index contributed by atoms with van der Waals surface area (Å²) < 4.78 is 46.5. The molecule has 2 saturated heterocycles. The first-order chi connectivity index (χ1) is 44.6. The van der Waals surface area contributed by atoms with Gasteiger partial charge in [-0.2, -0.15) is 0 Å². The first-order valence-corrected chi connectivity index (χ1v) is 32.2. The van der Waals surface area contributed by atoms with Crippen LogP contribution in [-0.2, 0) is 54.7 Å². The zero-order valence-corrected chi connectivity index (χ0v) is 52.0. The van der Waals surface area contributed by atoms with E-state index in [4.69, 9.17) is 47.9 Å². The number of rotatable bonds is 15. The number of imidazole rings is 2. The molecule has 6 atom stereocenters. The second-order valence-electron chi connectivity index (χ2n) is 25.9. The fourth-order valence-electron chi connectivity index (χ4n) is 14.2. The number of nitrogens with zero attached hydrogens (tertiary/aromatic N) is 6. The van der Waals surface area contributed by atoms with Crippen molar-refractivity contribution in [2.75, 3.05) is 26.7 Å². The number of aromatic nitrogens is 4. The molecule has 14 rings (SSSR count). The van der Waals surface area contributed by atoms with Gasteiger partial charge in [-0.05, 0) is 103 Å². The summed E-state index contributed by atoms with van der Waals surface area (Å²) in [6.07, 6.45) is 7.14. The number of aromatic amines is 2. The average Bonchev–Trinajstić information content (AvgIpc) is 1.68. The zero-order valence-electron chi connectivity index (χ0n) is 52.0. The predicted octanol–water partition coefficient (Wildman–Crippen LogP) is 10.6. The summed E-state index contributed by atoms with van der Waals surface area (Å²) in [6, 6.07) is 20.5. The van der Waals surface area contributed by atoms with Gasteiger partial charge in [0.25, 0.3) is 0 Å². The standard InChI is InChI=1S/C68H76N10O14/c1-37(2)57(73-65(81)89-45-9-5-6-10-45)63(79)77-31-47(91-67(83)75-29-43-21-23-55-59(49(43)33-75)87-35-85-55)25-53(77)61-69-27-51(71-61)41-17-13-39(14-18-41)40-15-19-42(20-16-40)52-28-70-62(72-52)54-26-48(92-68(84)76-30-44-22-24-56-60(50(44)34-76)88-36-86-56)32-78(54)64(80)58(38(3)4)74-66(82)90-46-11-7-8-12-46/h13-24,27-28,37-38,45-48,53-54,57-58H,5-12,25-26,29-36H2,1-4H3,(H,69,71)(H,70,72)(H,73,81)(H,74,82)/t47-,48-,53+,54?,57+,58+/m1/s1. The van der Waals surface area contributed by atoms with Crippen molar-refractivity contribution < 1.29 is 66.7 Å². The molecule has 0 radical (unpaired) electrons. The van der Waals surface area contributed by atoms with Crippen LogP contribution in [0, 0.1) is 11.8 Å².